The summed E-state index contributed by atoms with van der Waals surface area (Å²) in [5, 5.41) is 11.8. The lowest BCUT2D eigenvalue weighted by atomic mass is 10.1. The lowest BCUT2D eigenvalue weighted by molar-refractivity contribution is -0.137. The number of rotatable bonds is 5. The van der Waals surface area contributed by atoms with Gasteiger partial charge >= 0.3 is 5.97 Å². The average molecular weight is 288 g/mol. The van der Waals surface area contributed by atoms with Crippen molar-refractivity contribution in [3.05, 3.63) is 11.7 Å². The molecule has 1 unspecified atom stereocenters. The van der Waals surface area contributed by atoms with Crippen LogP contribution in [0.15, 0.2) is 4.52 Å². The first kappa shape index (κ1) is 14.0. The zero-order valence-electron chi connectivity index (χ0n) is 10.4. The minimum Gasteiger partial charge on any atom is -0.481 e. The molecule has 1 aromatic heterocycles. The van der Waals surface area contributed by atoms with Crippen LogP contribution in [-0.2, 0) is 27.5 Å². The molecule has 106 valence electrons. The van der Waals surface area contributed by atoms with E-state index in [0.29, 0.717) is 12.2 Å². The molecule has 19 heavy (non-hydrogen) atoms. The minimum absolute atomic E-state index is 0.0800. The fraction of sp³-hybridized carbons (Fsp3) is 0.727. The molecule has 1 fully saturated rings. The molecular weight excluding hydrogens is 272 g/mol. The number of aryl methyl sites for hydroxylation is 1. The number of aliphatic carboxylic acids is 1. The van der Waals surface area contributed by atoms with E-state index < -0.39 is 21.1 Å². The van der Waals surface area contributed by atoms with Gasteiger partial charge in [-0.15, -0.1) is 0 Å². The first-order valence-electron chi connectivity index (χ1n) is 6.22. The maximum absolute atomic E-state index is 11.8. The molecule has 0 saturated carbocycles. The Balaban J connectivity index is 1.97. The van der Waals surface area contributed by atoms with E-state index in [2.05, 4.69) is 10.1 Å². The number of aromatic nitrogens is 2. The molecule has 1 saturated heterocycles. The van der Waals surface area contributed by atoms with Crippen LogP contribution in [0.4, 0.5) is 0 Å². The minimum atomic E-state index is -3.05. The summed E-state index contributed by atoms with van der Waals surface area (Å²) in [6, 6.07) is 0. The van der Waals surface area contributed by atoms with E-state index in [1.807, 2.05) is 0 Å². The third kappa shape index (κ3) is 3.76. The molecule has 0 amide bonds. The van der Waals surface area contributed by atoms with Crippen LogP contribution in [0.5, 0.6) is 0 Å². The summed E-state index contributed by atoms with van der Waals surface area (Å²) in [7, 11) is -3.05. The SMILES string of the molecule is O=C(O)CCc1nc(CC2CCCCS2(=O)=O)no1. The largest absolute Gasteiger partial charge is 0.481 e. The molecule has 7 nitrogen and oxygen atoms in total. The maximum atomic E-state index is 11.8. The van der Waals surface area contributed by atoms with Crippen molar-refractivity contribution in [2.24, 2.45) is 0 Å². The van der Waals surface area contributed by atoms with Gasteiger partial charge in [0, 0.05) is 12.8 Å². The van der Waals surface area contributed by atoms with Crippen LogP contribution >= 0.6 is 0 Å². The van der Waals surface area contributed by atoms with Gasteiger partial charge in [0.2, 0.25) is 5.89 Å². The standard InChI is InChI=1S/C11H16N2O5S/c14-11(15)5-4-10-12-9(13-18-10)7-8-3-1-2-6-19(8,16)17/h8H,1-7H2,(H,14,15). The zero-order chi connectivity index (χ0) is 13.9. The van der Waals surface area contributed by atoms with E-state index in [9.17, 15) is 13.2 Å². The molecule has 0 aromatic carbocycles. The molecular formula is C11H16N2O5S. The van der Waals surface area contributed by atoms with Gasteiger partial charge in [-0.3, -0.25) is 4.79 Å². The van der Waals surface area contributed by atoms with Gasteiger partial charge in [0.15, 0.2) is 15.7 Å². The smallest absolute Gasteiger partial charge is 0.303 e. The first-order chi connectivity index (χ1) is 8.97. The van der Waals surface area contributed by atoms with Crippen LogP contribution < -0.4 is 0 Å². The highest BCUT2D eigenvalue weighted by Crippen LogP contribution is 2.22. The van der Waals surface area contributed by atoms with Crippen LogP contribution in [-0.4, -0.2) is 40.6 Å². The number of hydrogen-bond donors (Lipinski definition) is 1. The maximum Gasteiger partial charge on any atom is 0.303 e. The Morgan fingerprint density at radius 3 is 2.89 bits per heavy atom. The van der Waals surface area contributed by atoms with E-state index >= 15 is 0 Å². The van der Waals surface area contributed by atoms with Crippen molar-refractivity contribution in [1.29, 1.82) is 0 Å². The highest BCUT2D eigenvalue weighted by Gasteiger charge is 2.30. The number of carbonyl (C=O) groups is 1. The molecule has 0 spiro atoms. The second kappa shape index (κ2) is 5.68. The van der Waals surface area contributed by atoms with Crippen LogP contribution in [0.25, 0.3) is 0 Å². The number of sulfone groups is 1. The summed E-state index contributed by atoms with van der Waals surface area (Å²) in [6.07, 6.45) is 2.58. The van der Waals surface area contributed by atoms with Crippen molar-refractivity contribution >= 4 is 15.8 Å². The van der Waals surface area contributed by atoms with Crippen molar-refractivity contribution in [2.45, 2.75) is 43.8 Å². The van der Waals surface area contributed by atoms with Crippen molar-refractivity contribution in [2.75, 3.05) is 5.75 Å². The third-order valence-corrected chi connectivity index (χ3v) is 5.46. The summed E-state index contributed by atoms with van der Waals surface area (Å²) >= 11 is 0. The molecule has 8 heteroatoms. The molecule has 1 atom stereocenters. The quantitative estimate of drug-likeness (QED) is 0.844. The number of hydrogen-bond acceptors (Lipinski definition) is 6. The van der Waals surface area contributed by atoms with Crippen molar-refractivity contribution in [3.63, 3.8) is 0 Å². The predicted octanol–water partition coefficient (Wildman–Crippen LogP) is 0.597. The van der Waals surface area contributed by atoms with Crippen LogP contribution in [0.2, 0.25) is 0 Å². The Kier molecular flexibility index (Phi) is 4.18. The Hall–Kier alpha value is -1.44. The van der Waals surface area contributed by atoms with Crippen LogP contribution in [0.1, 0.15) is 37.4 Å². The van der Waals surface area contributed by atoms with Crippen molar-refractivity contribution in [3.8, 4) is 0 Å². The van der Waals surface area contributed by atoms with Crippen molar-refractivity contribution in [1.82, 2.24) is 10.1 Å². The monoisotopic (exact) mass is 288 g/mol. The number of nitrogens with zero attached hydrogens (tertiary/aromatic N) is 2. The second-order valence-corrected chi connectivity index (χ2v) is 7.09. The van der Waals surface area contributed by atoms with Crippen LogP contribution in [0.3, 0.4) is 0 Å². The zero-order valence-corrected chi connectivity index (χ0v) is 11.2. The Labute approximate surface area is 110 Å². The fourth-order valence-electron chi connectivity index (χ4n) is 2.14. The van der Waals surface area contributed by atoms with Crippen molar-refractivity contribution < 1.29 is 22.8 Å². The highest BCUT2D eigenvalue weighted by atomic mass is 32.2. The van der Waals surface area contributed by atoms with Gasteiger partial charge in [-0.1, -0.05) is 11.6 Å². The predicted molar refractivity (Wildman–Crippen MR) is 65.4 cm³/mol. The van der Waals surface area contributed by atoms with Gasteiger partial charge in [-0.2, -0.15) is 4.98 Å². The van der Waals surface area contributed by atoms with E-state index in [4.69, 9.17) is 9.63 Å². The Morgan fingerprint density at radius 1 is 1.42 bits per heavy atom. The number of carboxylic acid groups (broad SMARTS) is 1. The first-order valence-corrected chi connectivity index (χ1v) is 7.94. The molecule has 2 rings (SSSR count). The third-order valence-electron chi connectivity index (χ3n) is 3.19. The summed E-state index contributed by atoms with van der Waals surface area (Å²) in [5.41, 5.74) is 0. The summed E-state index contributed by atoms with van der Waals surface area (Å²) in [4.78, 5) is 14.4. The van der Waals surface area contributed by atoms with Gasteiger partial charge in [0.1, 0.15) is 0 Å². The number of carboxylic acids is 1. The molecule has 1 N–H and O–H groups in total. The molecule has 0 bridgehead atoms. The highest BCUT2D eigenvalue weighted by molar-refractivity contribution is 7.92. The van der Waals surface area contributed by atoms with Gasteiger partial charge in [-0.25, -0.2) is 8.42 Å². The lowest BCUT2D eigenvalue weighted by Crippen LogP contribution is -2.30. The Morgan fingerprint density at radius 2 is 2.21 bits per heavy atom. The molecule has 1 aliphatic rings. The molecule has 2 heterocycles. The molecule has 1 aliphatic heterocycles. The van der Waals surface area contributed by atoms with E-state index in [1.165, 1.54) is 0 Å². The second-order valence-electron chi connectivity index (χ2n) is 4.69. The molecule has 0 radical (unpaired) electrons. The lowest BCUT2D eigenvalue weighted by Gasteiger charge is -2.20. The summed E-state index contributed by atoms with van der Waals surface area (Å²) < 4.78 is 28.6. The topological polar surface area (TPSA) is 110 Å². The van der Waals surface area contributed by atoms with E-state index in [-0.39, 0.29) is 30.9 Å². The van der Waals surface area contributed by atoms with E-state index in [0.717, 1.165) is 12.8 Å². The molecule has 1 aromatic rings. The Bertz CT molecular complexity index is 551. The van der Waals surface area contributed by atoms with Gasteiger partial charge in [-0.05, 0) is 12.8 Å². The molecule has 0 aliphatic carbocycles. The average Bonchev–Trinajstić information content (AvgIpc) is 2.77. The van der Waals surface area contributed by atoms with Gasteiger partial charge in [0.25, 0.3) is 0 Å². The van der Waals surface area contributed by atoms with E-state index in [1.54, 1.807) is 0 Å². The summed E-state index contributed by atoms with van der Waals surface area (Å²) in [6.45, 7) is 0. The fourth-order valence-corrected chi connectivity index (χ4v) is 4.01. The summed E-state index contributed by atoms with van der Waals surface area (Å²) in [5.74, 6) is -0.127. The normalized spacial score (nSPS) is 22.2. The van der Waals surface area contributed by atoms with Gasteiger partial charge < -0.3 is 9.63 Å². The van der Waals surface area contributed by atoms with Crippen LogP contribution in [0, 0.1) is 0 Å². The van der Waals surface area contributed by atoms with Gasteiger partial charge in [0.05, 0.1) is 17.4 Å².